The minimum Gasteiger partial charge on any atom is -0.493 e. The lowest BCUT2D eigenvalue weighted by Crippen LogP contribution is -2.16. The number of aromatic amines is 1. The van der Waals surface area contributed by atoms with Gasteiger partial charge >= 0.3 is 0 Å². The van der Waals surface area contributed by atoms with E-state index in [1.165, 1.54) is 4.52 Å². The van der Waals surface area contributed by atoms with E-state index < -0.39 is 5.56 Å². The molecule has 21 heavy (non-hydrogen) atoms. The zero-order valence-corrected chi connectivity index (χ0v) is 11.3. The summed E-state index contributed by atoms with van der Waals surface area (Å²) in [4.78, 5) is 14.8. The number of rotatable bonds is 2. The molecular weight excluding hydrogens is 268 g/mol. The van der Waals surface area contributed by atoms with E-state index in [-0.39, 0.29) is 22.7 Å². The molecule has 104 valence electrons. The van der Waals surface area contributed by atoms with Gasteiger partial charge in [0.1, 0.15) is 11.6 Å². The number of benzene rings is 1. The molecule has 0 radical (unpaired) electrons. The van der Waals surface area contributed by atoms with Crippen molar-refractivity contribution in [3.05, 3.63) is 63.1 Å². The SMILES string of the molecule is Cc1nn2c(O)c(Cc3ccccc3)c(=O)[nH]c2c1C#N. The molecule has 0 atom stereocenters. The van der Waals surface area contributed by atoms with Crippen molar-refractivity contribution in [3.63, 3.8) is 0 Å². The van der Waals surface area contributed by atoms with Crippen LogP contribution in [0, 0.1) is 18.3 Å². The van der Waals surface area contributed by atoms with Crippen molar-refractivity contribution in [2.75, 3.05) is 0 Å². The Morgan fingerprint density at radius 3 is 2.76 bits per heavy atom. The largest absolute Gasteiger partial charge is 0.493 e. The van der Waals surface area contributed by atoms with E-state index in [1.54, 1.807) is 6.92 Å². The molecule has 3 aromatic rings. The molecule has 0 bridgehead atoms. The quantitative estimate of drug-likeness (QED) is 0.743. The average molecular weight is 280 g/mol. The number of hydrogen-bond acceptors (Lipinski definition) is 4. The number of nitriles is 1. The van der Waals surface area contributed by atoms with Gasteiger partial charge in [-0.25, -0.2) is 0 Å². The van der Waals surface area contributed by atoms with Crippen molar-refractivity contribution in [1.29, 1.82) is 5.26 Å². The summed E-state index contributed by atoms with van der Waals surface area (Å²) in [5.74, 6) is -0.234. The summed E-state index contributed by atoms with van der Waals surface area (Å²) in [6.07, 6.45) is 0.290. The molecule has 0 fully saturated rings. The van der Waals surface area contributed by atoms with Crippen LogP contribution in [0.1, 0.15) is 22.4 Å². The second kappa shape index (κ2) is 4.80. The normalized spacial score (nSPS) is 10.7. The van der Waals surface area contributed by atoms with Crippen LogP contribution in [0.15, 0.2) is 35.1 Å². The van der Waals surface area contributed by atoms with Crippen LogP contribution in [0.3, 0.4) is 0 Å². The number of aromatic nitrogens is 3. The molecule has 0 aliphatic heterocycles. The van der Waals surface area contributed by atoms with Gasteiger partial charge in [-0.1, -0.05) is 30.3 Å². The van der Waals surface area contributed by atoms with Gasteiger partial charge in [-0.05, 0) is 12.5 Å². The van der Waals surface area contributed by atoms with Crippen LogP contribution in [0.25, 0.3) is 5.65 Å². The van der Waals surface area contributed by atoms with Crippen molar-refractivity contribution in [2.45, 2.75) is 13.3 Å². The first-order chi connectivity index (χ1) is 10.1. The highest BCUT2D eigenvalue weighted by atomic mass is 16.3. The molecule has 1 aromatic carbocycles. The second-order valence-electron chi connectivity index (χ2n) is 4.75. The summed E-state index contributed by atoms with van der Waals surface area (Å²) in [6.45, 7) is 1.65. The van der Waals surface area contributed by atoms with E-state index in [2.05, 4.69) is 10.1 Å². The fraction of sp³-hybridized carbons (Fsp3) is 0.133. The van der Waals surface area contributed by atoms with E-state index in [0.29, 0.717) is 12.1 Å². The minimum atomic E-state index is -0.416. The first kappa shape index (κ1) is 12.9. The molecule has 0 saturated carbocycles. The monoisotopic (exact) mass is 280 g/mol. The summed E-state index contributed by atoms with van der Waals surface area (Å²) in [6, 6.07) is 11.3. The molecule has 2 N–H and O–H groups in total. The van der Waals surface area contributed by atoms with Gasteiger partial charge in [-0.3, -0.25) is 4.79 Å². The first-order valence-corrected chi connectivity index (χ1v) is 6.39. The first-order valence-electron chi connectivity index (χ1n) is 6.39. The Hall–Kier alpha value is -3.07. The van der Waals surface area contributed by atoms with Crippen LogP contribution >= 0.6 is 0 Å². The van der Waals surface area contributed by atoms with Gasteiger partial charge in [-0.15, -0.1) is 0 Å². The standard InChI is InChI=1S/C15H12N4O2/c1-9-12(8-16)13-17-14(20)11(15(21)19(13)18-9)7-10-5-3-2-4-6-10/h2-6,21H,7H2,1H3,(H,17,20). The van der Waals surface area contributed by atoms with Crippen LogP contribution < -0.4 is 5.56 Å². The van der Waals surface area contributed by atoms with E-state index >= 15 is 0 Å². The Kier molecular flexibility index (Phi) is 2.95. The molecule has 2 heterocycles. The molecule has 2 aromatic heterocycles. The molecular formula is C15H12N4O2. The fourth-order valence-electron chi connectivity index (χ4n) is 2.30. The molecule has 3 rings (SSSR count). The Morgan fingerprint density at radius 2 is 2.10 bits per heavy atom. The van der Waals surface area contributed by atoms with Crippen LogP contribution in [0.5, 0.6) is 5.88 Å². The maximum atomic E-state index is 12.2. The number of nitrogens with one attached hydrogen (secondary N) is 1. The van der Waals surface area contributed by atoms with Crippen LogP contribution in [0.4, 0.5) is 0 Å². The van der Waals surface area contributed by atoms with Gasteiger partial charge in [0.25, 0.3) is 5.56 Å². The minimum absolute atomic E-state index is 0.217. The number of H-pyrrole nitrogens is 1. The maximum Gasteiger partial charge on any atom is 0.258 e. The molecule has 0 aliphatic rings. The number of aromatic hydroxyl groups is 1. The molecule has 6 nitrogen and oxygen atoms in total. The summed E-state index contributed by atoms with van der Waals surface area (Å²) in [5.41, 5.74) is 1.64. The number of aryl methyl sites for hydroxylation is 1. The Balaban J connectivity index is 2.22. The van der Waals surface area contributed by atoms with Crippen LogP contribution in [-0.2, 0) is 6.42 Å². The third kappa shape index (κ3) is 2.05. The lowest BCUT2D eigenvalue weighted by Gasteiger charge is -2.05. The summed E-state index contributed by atoms with van der Waals surface area (Å²) >= 11 is 0. The van der Waals surface area contributed by atoms with Gasteiger partial charge in [-0.2, -0.15) is 14.9 Å². The Labute approximate surface area is 119 Å². The highest BCUT2D eigenvalue weighted by molar-refractivity contribution is 5.59. The molecule has 0 spiro atoms. The van der Waals surface area contributed by atoms with E-state index in [9.17, 15) is 9.90 Å². The second-order valence-corrected chi connectivity index (χ2v) is 4.75. The molecule has 0 aliphatic carbocycles. The van der Waals surface area contributed by atoms with Gasteiger partial charge in [0.15, 0.2) is 5.65 Å². The summed E-state index contributed by atoms with van der Waals surface area (Å²) in [5, 5.41) is 23.5. The lowest BCUT2D eigenvalue weighted by molar-refractivity contribution is 0.427. The Bertz CT molecular complexity index is 917. The van der Waals surface area contributed by atoms with E-state index in [1.807, 2.05) is 36.4 Å². The lowest BCUT2D eigenvalue weighted by atomic mass is 10.1. The van der Waals surface area contributed by atoms with Gasteiger partial charge in [0.05, 0.1) is 11.3 Å². The number of hydrogen-bond donors (Lipinski definition) is 2. The summed E-state index contributed by atoms with van der Waals surface area (Å²) in [7, 11) is 0. The maximum absolute atomic E-state index is 12.2. The zero-order valence-electron chi connectivity index (χ0n) is 11.3. The summed E-state index contributed by atoms with van der Waals surface area (Å²) < 4.78 is 1.20. The van der Waals surface area contributed by atoms with E-state index in [4.69, 9.17) is 5.26 Å². The van der Waals surface area contributed by atoms with Gasteiger partial charge in [0.2, 0.25) is 5.88 Å². The van der Waals surface area contributed by atoms with Gasteiger partial charge in [0, 0.05) is 6.42 Å². The van der Waals surface area contributed by atoms with Crippen molar-refractivity contribution >= 4 is 5.65 Å². The average Bonchev–Trinajstić information content (AvgIpc) is 2.80. The van der Waals surface area contributed by atoms with Gasteiger partial charge < -0.3 is 10.1 Å². The van der Waals surface area contributed by atoms with Crippen molar-refractivity contribution in [3.8, 4) is 11.9 Å². The highest BCUT2D eigenvalue weighted by Gasteiger charge is 2.18. The zero-order chi connectivity index (χ0) is 15.0. The predicted molar refractivity (Wildman–Crippen MR) is 76.2 cm³/mol. The third-order valence-corrected chi connectivity index (χ3v) is 3.37. The highest BCUT2D eigenvalue weighted by Crippen LogP contribution is 2.20. The topological polar surface area (TPSA) is 94.2 Å². The van der Waals surface area contributed by atoms with Crippen molar-refractivity contribution in [2.24, 2.45) is 0 Å². The van der Waals surface area contributed by atoms with E-state index in [0.717, 1.165) is 5.56 Å². The van der Waals surface area contributed by atoms with Crippen LogP contribution in [-0.4, -0.2) is 19.7 Å². The smallest absolute Gasteiger partial charge is 0.258 e. The third-order valence-electron chi connectivity index (χ3n) is 3.37. The molecule has 0 amide bonds. The fourth-order valence-corrected chi connectivity index (χ4v) is 2.30. The molecule has 0 unspecified atom stereocenters. The van der Waals surface area contributed by atoms with Crippen molar-refractivity contribution < 1.29 is 5.11 Å². The van der Waals surface area contributed by atoms with Crippen LogP contribution in [0.2, 0.25) is 0 Å². The molecule has 6 heteroatoms. The number of fused-ring (bicyclic) bond motifs is 1. The molecule has 0 saturated heterocycles. The Morgan fingerprint density at radius 1 is 1.38 bits per heavy atom. The van der Waals surface area contributed by atoms with Crippen molar-refractivity contribution in [1.82, 2.24) is 14.6 Å². The number of nitrogens with zero attached hydrogens (tertiary/aromatic N) is 3. The predicted octanol–water partition coefficient (Wildman–Crippen LogP) is 1.50.